The summed E-state index contributed by atoms with van der Waals surface area (Å²) in [5.41, 5.74) is 2.54. The number of aromatic nitrogens is 4. The van der Waals surface area contributed by atoms with Gasteiger partial charge in [0, 0.05) is 13.1 Å². The van der Waals surface area contributed by atoms with Crippen molar-refractivity contribution in [2.75, 3.05) is 6.54 Å². The number of carbonyl (C=O) groups excluding carboxylic acids is 1. The van der Waals surface area contributed by atoms with E-state index < -0.39 is 0 Å². The third-order valence-corrected chi connectivity index (χ3v) is 4.87. The molecule has 6 nitrogen and oxygen atoms in total. The SMILES string of the molecule is CCn1c(C2CCCN2C(=O)c2cnsn2)nc2ccccc21. The van der Waals surface area contributed by atoms with Crippen molar-refractivity contribution in [3.8, 4) is 0 Å². The lowest BCUT2D eigenvalue weighted by atomic mass is 10.2. The molecule has 1 amide bonds. The molecule has 1 unspecified atom stereocenters. The van der Waals surface area contributed by atoms with Crippen LogP contribution in [-0.2, 0) is 6.54 Å². The van der Waals surface area contributed by atoms with Crippen LogP contribution in [0.4, 0.5) is 0 Å². The molecule has 3 heterocycles. The van der Waals surface area contributed by atoms with Crippen molar-refractivity contribution in [2.24, 2.45) is 0 Å². The lowest BCUT2D eigenvalue weighted by Crippen LogP contribution is -2.32. The van der Waals surface area contributed by atoms with E-state index in [0.717, 1.165) is 54.5 Å². The Hall–Kier alpha value is -2.28. The van der Waals surface area contributed by atoms with Gasteiger partial charge in [0.25, 0.3) is 5.91 Å². The van der Waals surface area contributed by atoms with Crippen molar-refractivity contribution in [1.82, 2.24) is 23.2 Å². The maximum absolute atomic E-state index is 12.7. The second-order valence-electron chi connectivity index (χ2n) is 5.65. The highest BCUT2D eigenvalue weighted by Crippen LogP contribution is 2.34. The molecule has 0 N–H and O–H groups in total. The van der Waals surface area contributed by atoms with Crippen LogP contribution in [0.25, 0.3) is 11.0 Å². The first-order valence-corrected chi connectivity index (χ1v) is 8.56. The van der Waals surface area contributed by atoms with E-state index in [9.17, 15) is 4.79 Å². The molecule has 0 aliphatic carbocycles. The highest BCUT2D eigenvalue weighted by molar-refractivity contribution is 6.99. The molecule has 0 spiro atoms. The second-order valence-corrected chi connectivity index (χ2v) is 6.21. The summed E-state index contributed by atoms with van der Waals surface area (Å²) in [5, 5.41) is 0. The standard InChI is InChI=1S/C16H17N5OS/c1-2-20-13-7-4-3-6-11(13)18-15(20)14-8-5-9-21(14)16(22)12-10-17-23-19-12/h3-4,6-7,10,14H,2,5,8-9H2,1H3. The van der Waals surface area contributed by atoms with Crippen LogP contribution in [0, 0.1) is 0 Å². The van der Waals surface area contributed by atoms with Gasteiger partial charge in [-0.25, -0.2) is 4.98 Å². The van der Waals surface area contributed by atoms with E-state index in [4.69, 9.17) is 4.98 Å². The van der Waals surface area contributed by atoms with E-state index >= 15 is 0 Å². The van der Waals surface area contributed by atoms with Gasteiger partial charge in [-0.1, -0.05) is 12.1 Å². The van der Waals surface area contributed by atoms with Crippen LogP contribution >= 0.6 is 11.7 Å². The Balaban J connectivity index is 1.76. The van der Waals surface area contributed by atoms with Crippen molar-refractivity contribution in [1.29, 1.82) is 0 Å². The maximum atomic E-state index is 12.7. The molecule has 4 rings (SSSR count). The number of aryl methyl sites for hydroxylation is 1. The van der Waals surface area contributed by atoms with Crippen LogP contribution in [0.1, 0.15) is 42.1 Å². The molecular weight excluding hydrogens is 310 g/mol. The average molecular weight is 327 g/mol. The summed E-state index contributed by atoms with van der Waals surface area (Å²) in [5.74, 6) is 0.929. The molecule has 1 saturated heterocycles. The number of rotatable bonds is 3. The summed E-state index contributed by atoms with van der Waals surface area (Å²) in [6.45, 7) is 3.70. The minimum Gasteiger partial charge on any atom is -0.327 e. The van der Waals surface area contributed by atoms with Gasteiger partial charge in [0.1, 0.15) is 5.82 Å². The first-order chi connectivity index (χ1) is 11.3. The first-order valence-electron chi connectivity index (χ1n) is 7.83. The molecule has 2 aromatic heterocycles. The lowest BCUT2D eigenvalue weighted by Gasteiger charge is -2.24. The van der Waals surface area contributed by atoms with Crippen molar-refractivity contribution >= 4 is 28.7 Å². The molecule has 1 aromatic carbocycles. The van der Waals surface area contributed by atoms with E-state index in [1.54, 1.807) is 6.20 Å². The molecule has 0 radical (unpaired) electrons. The van der Waals surface area contributed by atoms with E-state index in [1.807, 2.05) is 23.1 Å². The van der Waals surface area contributed by atoms with E-state index in [0.29, 0.717) is 5.69 Å². The number of imidazole rings is 1. The van der Waals surface area contributed by atoms with Crippen LogP contribution < -0.4 is 0 Å². The highest BCUT2D eigenvalue weighted by Gasteiger charge is 2.34. The molecule has 23 heavy (non-hydrogen) atoms. The fraction of sp³-hybridized carbons (Fsp3) is 0.375. The Morgan fingerprint density at radius 1 is 1.39 bits per heavy atom. The smallest absolute Gasteiger partial charge is 0.275 e. The molecule has 1 atom stereocenters. The maximum Gasteiger partial charge on any atom is 0.275 e. The predicted molar refractivity (Wildman–Crippen MR) is 88.3 cm³/mol. The van der Waals surface area contributed by atoms with Gasteiger partial charge in [0.15, 0.2) is 5.69 Å². The van der Waals surface area contributed by atoms with Crippen LogP contribution in [0.3, 0.4) is 0 Å². The molecular formula is C16H17N5OS. The number of amides is 1. The van der Waals surface area contributed by atoms with Crippen LogP contribution in [0.5, 0.6) is 0 Å². The number of para-hydroxylation sites is 2. The van der Waals surface area contributed by atoms with Crippen LogP contribution in [0.15, 0.2) is 30.5 Å². The Labute approximate surface area is 138 Å². The molecule has 7 heteroatoms. The molecule has 3 aromatic rings. The number of hydrogen-bond acceptors (Lipinski definition) is 5. The third kappa shape index (κ3) is 2.31. The van der Waals surface area contributed by atoms with E-state index in [2.05, 4.69) is 26.3 Å². The Kier molecular flexibility index (Phi) is 3.57. The number of carbonyl (C=O) groups is 1. The fourth-order valence-electron chi connectivity index (χ4n) is 3.37. The van der Waals surface area contributed by atoms with Gasteiger partial charge in [0.05, 0.1) is 35.0 Å². The van der Waals surface area contributed by atoms with Gasteiger partial charge in [-0.05, 0) is 31.9 Å². The Bertz CT molecular complexity index is 841. The zero-order valence-electron chi connectivity index (χ0n) is 12.8. The quantitative estimate of drug-likeness (QED) is 0.742. The predicted octanol–water partition coefficient (Wildman–Crippen LogP) is 2.89. The largest absolute Gasteiger partial charge is 0.327 e. The monoisotopic (exact) mass is 327 g/mol. The van der Waals surface area contributed by atoms with Gasteiger partial charge in [-0.2, -0.15) is 8.75 Å². The molecule has 1 fully saturated rings. The van der Waals surface area contributed by atoms with Gasteiger partial charge < -0.3 is 9.47 Å². The van der Waals surface area contributed by atoms with E-state index in [-0.39, 0.29) is 11.9 Å². The molecule has 1 aliphatic heterocycles. The van der Waals surface area contributed by atoms with Gasteiger partial charge >= 0.3 is 0 Å². The summed E-state index contributed by atoms with van der Waals surface area (Å²) in [4.78, 5) is 19.4. The zero-order chi connectivity index (χ0) is 15.8. The lowest BCUT2D eigenvalue weighted by molar-refractivity contribution is 0.0723. The van der Waals surface area contributed by atoms with Gasteiger partial charge in [0.2, 0.25) is 0 Å². The Morgan fingerprint density at radius 2 is 2.26 bits per heavy atom. The van der Waals surface area contributed by atoms with Crippen molar-refractivity contribution in [2.45, 2.75) is 32.4 Å². The normalized spacial score (nSPS) is 18.0. The van der Waals surface area contributed by atoms with Gasteiger partial charge in [-0.15, -0.1) is 0 Å². The Morgan fingerprint density at radius 3 is 3.04 bits per heavy atom. The summed E-state index contributed by atoms with van der Waals surface area (Å²) in [6, 6.07) is 8.14. The number of fused-ring (bicyclic) bond motifs is 1. The summed E-state index contributed by atoms with van der Waals surface area (Å²) >= 11 is 1.07. The van der Waals surface area contributed by atoms with Crippen molar-refractivity contribution in [3.05, 3.63) is 42.0 Å². The van der Waals surface area contributed by atoms with Crippen molar-refractivity contribution < 1.29 is 4.79 Å². The first kappa shape index (κ1) is 14.3. The molecule has 1 aliphatic rings. The third-order valence-electron chi connectivity index (χ3n) is 4.39. The minimum atomic E-state index is -0.0454. The van der Waals surface area contributed by atoms with Gasteiger partial charge in [-0.3, -0.25) is 4.79 Å². The number of benzene rings is 1. The zero-order valence-corrected chi connectivity index (χ0v) is 13.7. The number of hydrogen-bond donors (Lipinski definition) is 0. The van der Waals surface area contributed by atoms with Crippen LogP contribution in [0.2, 0.25) is 0 Å². The summed E-state index contributed by atoms with van der Waals surface area (Å²) in [6.07, 6.45) is 3.47. The molecule has 0 bridgehead atoms. The minimum absolute atomic E-state index is 0.0107. The van der Waals surface area contributed by atoms with E-state index in [1.165, 1.54) is 0 Å². The topological polar surface area (TPSA) is 63.9 Å². The summed E-state index contributed by atoms with van der Waals surface area (Å²) in [7, 11) is 0. The second kappa shape index (κ2) is 5.73. The highest BCUT2D eigenvalue weighted by atomic mass is 32.1. The number of nitrogens with zero attached hydrogens (tertiary/aromatic N) is 5. The average Bonchev–Trinajstić information content (AvgIpc) is 3.31. The van der Waals surface area contributed by atoms with Crippen molar-refractivity contribution in [3.63, 3.8) is 0 Å². The summed E-state index contributed by atoms with van der Waals surface area (Å²) < 4.78 is 10.2. The number of likely N-dealkylation sites (tertiary alicyclic amines) is 1. The molecule has 118 valence electrons. The van der Waals surface area contributed by atoms with Crippen LogP contribution in [-0.4, -0.2) is 35.7 Å². The molecule has 0 saturated carbocycles. The fourth-order valence-corrected chi connectivity index (χ4v) is 3.77.